The fourth-order valence-corrected chi connectivity index (χ4v) is 3.46. The lowest BCUT2D eigenvalue weighted by Gasteiger charge is -2.34. The highest BCUT2D eigenvalue weighted by Gasteiger charge is 2.23. The molecule has 1 aromatic heterocycles. The summed E-state index contributed by atoms with van der Waals surface area (Å²) in [4.78, 5) is 6.85. The van der Waals surface area contributed by atoms with Crippen LogP contribution in [0.5, 0.6) is 0 Å². The molecule has 112 valence electrons. The number of oxazole rings is 1. The van der Waals surface area contributed by atoms with Crippen molar-refractivity contribution in [1.29, 1.82) is 0 Å². The summed E-state index contributed by atoms with van der Waals surface area (Å²) in [5.41, 5.74) is 0.974. The minimum absolute atomic E-state index is 0.712. The van der Waals surface area contributed by atoms with Crippen molar-refractivity contribution in [2.75, 3.05) is 13.1 Å². The second kappa shape index (κ2) is 6.20. The standard InChI is InChI=1S/C17H21ClN2O/c1-12-6-13(2)10-20(9-12)11-17-19-8-16(21-17)14-4-3-5-15(18)7-14/h3-5,7-8,12-13H,6,9-11H2,1-2H3. The average Bonchev–Trinajstić information content (AvgIpc) is 2.86. The Balaban J connectivity index is 1.70. The van der Waals surface area contributed by atoms with Crippen LogP contribution >= 0.6 is 11.6 Å². The lowest BCUT2D eigenvalue weighted by atomic mass is 9.92. The van der Waals surface area contributed by atoms with Gasteiger partial charge in [0.2, 0.25) is 5.89 Å². The van der Waals surface area contributed by atoms with Gasteiger partial charge in [-0.25, -0.2) is 4.98 Å². The molecule has 21 heavy (non-hydrogen) atoms. The van der Waals surface area contributed by atoms with Gasteiger partial charge >= 0.3 is 0 Å². The number of benzene rings is 1. The molecule has 3 nitrogen and oxygen atoms in total. The van der Waals surface area contributed by atoms with Gasteiger partial charge in [0.1, 0.15) is 0 Å². The Kier molecular flexibility index (Phi) is 4.32. The number of likely N-dealkylation sites (tertiary alicyclic amines) is 1. The van der Waals surface area contributed by atoms with Crippen LogP contribution in [-0.2, 0) is 6.54 Å². The van der Waals surface area contributed by atoms with Crippen molar-refractivity contribution in [3.8, 4) is 11.3 Å². The van der Waals surface area contributed by atoms with Crippen molar-refractivity contribution < 1.29 is 4.42 Å². The largest absolute Gasteiger partial charge is 0.439 e. The summed E-state index contributed by atoms with van der Waals surface area (Å²) in [6, 6.07) is 7.67. The first-order valence-corrected chi connectivity index (χ1v) is 7.91. The average molecular weight is 305 g/mol. The Labute approximate surface area is 130 Å². The van der Waals surface area contributed by atoms with Crippen LogP contribution < -0.4 is 0 Å². The van der Waals surface area contributed by atoms with Gasteiger partial charge in [0.15, 0.2) is 5.76 Å². The Morgan fingerprint density at radius 2 is 2.05 bits per heavy atom. The monoisotopic (exact) mass is 304 g/mol. The molecule has 1 saturated heterocycles. The highest BCUT2D eigenvalue weighted by Crippen LogP contribution is 2.26. The molecule has 1 fully saturated rings. The smallest absolute Gasteiger partial charge is 0.209 e. The molecule has 0 radical (unpaired) electrons. The summed E-state index contributed by atoms with van der Waals surface area (Å²) in [7, 11) is 0. The van der Waals surface area contributed by atoms with E-state index in [0.29, 0.717) is 5.02 Å². The molecule has 0 amide bonds. The highest BCUT2D eigenvalue weighted by molar-refractivity contribution is 6.30. The number of hydrogen-bond donors (Lipinski definition) is 0. The molecular formula is C17H21ClN2O. The van der Waals surface area contributed by atoms with Gasteiger partial charge in [-0.3, -0.25) is 4.90 Å². The summed E-state index contributed by atoms with van der Waals surface area (Å²) in [5.74, 6) is 3.06. The maximum absolute atomic E-state index is 6.02. The molecule has 3 rings (SSSR count). The molecule has 2 heterocycles. The lowest BCUT2D eigenvalue weighted by molar-refractivity contribution is 0.124. The molecular weight excluding hydrogens is 284 g/mol. The van der Waals surface area contributed by atoms with E-state index in [9.17, 15) is 0 Å². The Hall–Kier alpha value is -1.32. The van der Waals surface area contributed by atoms with E-state index in [1.165, 1.54) is 6.42 Å². The van der Waals surface area contributed by atoms with Crippen molar-refractivity contribution in [3.05, 3.63) is 41.4 Å². The molecule has 1 aliphatic heterocycles. The van der Waals surface area contributed by atoms with Crippen LogP contribution in [0.3, 0.4) is 0 Å². The van der Waals surface area contributed by atoms with Crippen molar-refractivity contribution in [3.63, 3.8) is 0 Å². The molecule has 0 spiro atoms. The van der Waals surface area contributed by atoms with Crippen LogP contribution in [0, 0.1) is 11.8 Å². The number of halogens is 1. The third kappa shape index (κ3) is 3.66. The molecule has 4 heteroatoms. The van der Waals surface area contributed by atoms with E-state index in [0.717, 1.165) is 48.7 Å². The van der Waals surface area contributed by atoms with E-state index in [4.69, 9.17) is 16.0 Å². The van der Waals surface area contributed by atoms with Crippen LogP contribution in [0.1, 0.15) is 26.2 Å². The van der Waals surface area contributed by atoms with E-state index in [-0.39, 0.29) is 0 Å². The summed E-state index contributed by atoms with van der Waals surface area (Å²) in [6.45, 7) is 7.67. The van der Waals surface area contributed by atoms with Gasteiger partial charge in [0.25, 0.3) is 0 Å². The van der Waals surface area contributed by atoms with Gasteiger partial charge in [-0.15, -0.1) is 0 Å². The van der Waals surface area contributed by atoms with E-state index >= 15 is 0 Å². The van der Waals surface area contributed by atoms with Crippen molar-refractivity contribution in [1.82, 2.24) is 9.88 Å². The van der Waals surface area contributed by atoms with E-state index in [1.54, 1.807) is 6.20 Å². The molecule has 2 unspecified atom stereocenters. The molecule has 1 aromatic carbocycles. The minimum Gasteiger partial charge on any atom is -0.439 e. The quantitative estimate of drug-likeness (QED) is 0.837. The van der Waals surface area contributed by atoms with Gasteiger partial charge in [-0.1, -0.05) is 37.6 Å². The number of piperidine rings is 1. The van der Waals surface area contributed by atoms with Gasteiger partial charge in [0, 0.05) is 23.7 Å². The highest BCUT2D eigenvalue weighted by atomic mass is 35.5. The first kappa shape index (κ1) is 14.6. The molecule has 0 N–H and O–H groups in total. The second-order valence-corrected chi connectivity index (χ2v) is 6.71. The lowest BCUT2D eigenvalue weighted by Crippen LogP contribution is -2.38. The summed E-state index contributed by atoms with van der Waals surface area (Å²) in [5, 5.41) is 0.712. The predicted octanol–water partition coefficient (Wildman–Crippen LogP) is 4.47. The normalized spacial score (nSPS) is 23.4. The summed E-state index contributed by atoms with van der Waals surface area (Å²) >= 11 is 6.02. The number of rotatable bonds is 3. The maximum Gasteiger partial charge on any atom is 0.209 e. The predicted molar refractivity (Wildman–Crippen MR) is 85.2 cm³/mol. The SMILES string of the molecule is CC1CC(C)CN(Cc2ncc(-c3cccc(Cl)c3)o2)C1. The molecule has 1 aliphatic rings. The number of aromatic nitrogens is 1. The van der Waals surface area contributed by atoms with Crippen LogP contribution in [0.25, 0.3) is 11.3 Å². The molecule has 2 atom stereocenters. The second-order valence-electron chi connectivity index (χ2n) is 6.27. The Bertz CT molecular complexity index is 600. The van der Waals surface area contributed by atoms with Crippen molar-refractivity contribution in [2.45, 2.75) is 26.8 Å². The topological polar surface area (TPSA) is 29.3 Å². The maximum atomic E-state index is 6.02. The zero-order valence-electron chi connectivity index (χ0n) is 12.6. The molecule has 0 aliphatic carbocycles. The van der Waals surface area contributed by atoms with Gasteiger partial charge < -0.3 is 4.42 Å². The molecule has 2 aromatic rings. The van der Waals surface area contributed by atoms with E-state index in [1.807, 2.05) is 24.3 Å². The zero-order valence-corrected chi connectivity index (χ0v) is 13.3. The molecule has 0 bridgehead atoms. The number of hydrogen-bond acceptors (Lipinski definition) is 3. The third-order valence-electron chi connectivity index (χ3n) is 3.97. The first-order chi connectivity index (χ1) is 10.1. The fourth-order valence-electron chi connectivity index (χ4n) is 3.27. The van der Waals surface area contributed by atoms with E-state index < -0.39 is 0 Å². The summed E-state index contributed by atoms with van der Waals surface area (Å²) < 4.78 is 5.89. The van der Waals surface area contributed by atoms with Gasteiger partial charge in [0.05, 0.1) is 12.7 Å². The fraction of sp³-hybridized carbons (Fsp3) is 0.471. The van der Waals surface area contributed by atoms with Crippen LogP contribution in [-0.4, -0.2) is 23.0 Å². The van der Waals surface area contributed by atoms with Crippen LogP contribution in [0.4, 0.5) is 0 Å². The minimum atomic E-state index is 0.712. The van der Waals surface area contributed by atoms with Crippen LogP contribution in [0.2, 0.25) is 5.02 Å². The Morgan fingerprint density at radius 1 is 1.29 bits per heavy atom. The van der Waals surface area contributed by atoms with Crippen LogP contribution in [0.15, 0.2) is 34.9 Å². The van der Waals surface area contributed by atoms with Crippen molar-refractivity contribution >= 4 is 11.6 Å². The molecule has 0 saturated carbocycles. The zero-order chi connectivity index (χ0) is 14.8. The van der Waals surface area contributed by atoms with Gasteiger partial charge in [-0.2, -0.15) is 0 Å². The third-order valence-corrected chi connectivity index (χ3v) is 4.20. The van der Waals surface area contributed by atoms with Crippen molar-refractivity contribution in [2.24, 2.45) is 11.8 Å². The first-order valence-electron chi connectivity index (χ1n) is 7.53. The summed E-state index contributed by atoms with van der Waals surface area (Å²) in [6.07, 6.45) is 3.10. The number of nitrogens with zero attached hydrogens (tertiary/aromatic N) is 2. The Morgan fingerprint density at radius 3 is 2.76 bits per heavy atom. The van der Waals surface area contributed by atoms with Gasteiger partial charge in [-0.05, 0) is 30.4 Å². The van der Waals surface area contributed by atoms with E-state index in [2.05, 4.69) is 23.7 Å².